The van der Waals surface area contributed by atoms with Gasteiger partial charge in [0.2, 0.25) is 0 Å². The molecule has 0 spiro atoms. The first-order valence-corrected chi connectivity index (χ1v) is 20.8. The highest BCUT2D eigenvalue weighted by molar-refractivity contribution is 6.10. The van der Waals surface area contributed by atoms with Crippen LogP contribution < -0.4 is 4.90 Å². The van der Waals surface area contributed by atoms with Gasteiger partial charge in [-0.3, -0.25) is 0 Å². The van der Waals surface area contributed by atoms with Gasteiger partial charge in [0.25, 0.3) is 0 Å². The highest BCUT2D eigenvalue weighted by atomic mass is 15.1. The molecule has 1 nitrogen and oxygen atoms in total. The first-order chi connectivity index (χ1) is 29.8. The van der Waals surface area contributed by atoms with Crippen LogP contribution in [0.3, 0.4) is 0 Å². The first-order valence-electron chi connectivity index (χ1n) is 20.8. The minimum Gasteiger partial charge on any atom is -0.310 e. The quantitative estimate of drug-likeness (QED) is 0.153. The average Bonchev–Trinajstić information content (AvgIpc) is 3.63. The minimum atomic E-state index is -0.440. The molecule has 1 aliphatic rings. The Balaban J connectivity index is 1.03. The average molecular weight is 762 g/mol. The van der Waals surface area contributed by atoms with E-state index in [1.54, 1.807) is 0 Å². The van der Waals surface area contributed by atoms with Gasteiger partial charge in [0.15, 0.2) is 0 Å². The van der Waals surface area contributed by atoms with Crippen molar-refractivity contribution in [3.63, 3.8) is 0 Å². The summed E-state index contributed by atoms with van der Waals surface area (Å²) in [5.41, 5.74) is 13.1. The zero-order valence-corrected chi connectivity index (χ0v) is 33.0. The molecule has 0 saturated carbocycles. The topological polar surface area (TPSA) is 3.24 Å². The maximum Gasteiger partial charge on any atom is 0.0713 e. The molecule has 280 valence electrons. The second-order valence-corrected chi connectivity index (χ2v) is 16.0. The molecule has 0 N–H and O–H groups in total. The fraction of sp³-hybridized carbons (Fsp3) is 0.0169. The van der Waals surface area contributed by atoms with Gasteiger partial charge in [-0.25, -0.2) is 0 Å². The summed E-state index contributed by atoms with van der Waals surface area (Å²) >= 11 is 0. The highest BCUT2D eigenvalue weighted by Crippen LogP contribution is 2.58. The Morgan fingerprint density at radius 3 is 1.33 bits per heavy atom. The molecule has 0 aliphatic heterocycles. The second-order valence-electron chi connectivity index (χ2n) is 16.0. The van der Waals surface area contributed by atoms with Gasteiger partial charge in [-0.05, 0) is 124 Å². The van der Waals surface area contributed by atoms with Gasteiger partial charge in [-0.1, -0.05) is 200 Å². The molecule has 0 bridgehead atoms. The van der Waals surface area contributed by atoms with Crippen molar-refractivity contribution in [1.82, 2.24) is 0 Å². The number of hydrogen-bond donors (Lipinski definition) is 0. The smallest absolute Gasteiger partial charge is 0.0713 e. The van der Waals surface area contributed by atoms with Gasteiger partial charge in [-0.2, -0.15) is 0 Å². The monoisotopic (exact) mass is 761 g/mol. The maximum atomic E-state index is 2.41. The lowest BCUT2D eigenvalue weighted by atomic mass is 9.67. The zero-order valence-electron chi connectivity index (χ0n) is 33.0. The Kier molecular flexibility index (Phi) is 7.83. The number of hydrogen-bond acceptors (Lipinski definition) is 1. The Labute approximate surface area is 350 Å². The van der Waals surface area contributed by atoms with E-state index in [4.69, 9.17) is 0 Å². The molecule has 0 fully saturated rings. The van der Waals surface area contributed by atoms with Crippen molar-refractivity contribution in [3.8, 4) is 22.3 Å². The molecule has 12 rings (SSSR count). The van der Waals surface area contributed by atoms with Gasteiger partial charge >= 0.3 is 0 Å². The van der Waals surface area contributed by atoms with Gasteiger partial charge in [0, 0.05) is 17.1 Å². The predicted molar refractivity (Wildman–Crippen MR) is 254 cm³/mol. The van der Waals surface area contributed by atoms with Crippen LogP contribution in [0.1, 0.15) is 22.3 Å². The van der Waals surface area contributed by atoms with Crippen molar-refractivity contribution in [2.24, 2.45) is 0 Å². The van der Waals surface area contributed by atoms with E-state index in [9.17, 15) is 0 Å². The molecule has 1 heteroatoms. The van der Waals surface area contributed by atoms with Crippen LogP contribution >= 0.6 is 0 Å². The summed E-state index contributed by atoms with van der Waals surface area (Å²) in [6, 6.07) is 87.4. The second kappa shape index (κ2) is 13.7. The molecule has 0 unspecified atom stereocenters. The Bertz CT molecular complexity index is 3260. The molecule has 1 aliphatic carbocycles. The van der Waals surface area contributed by atoms with Crippen LogP contribution in [0.25, 0.3) is 65.3 Å². The van der Waals surface area contributed by atoms with Crippen molar-refractivity contribution in [1.29, 1.82) is 0 Å². The third kappa shape index (κ3) is 5.19. The molecule has 0 heterocycles. The van der Waals surface area contributed by atoms with E-state index in [0.29, 0.717) is 0 Å². The number of fused-ring (bicyclic) bond motifs is 9. The molecular formula is C59H39N. The van der Waals surface area contributed by atoms with Crippen LogP contribution in [0.4, 0.5) is 17.1 Å². The lowest BCUT2D eigenvalue weighted by Gasteiger charge is -2.34. The highest BCUT2D eigenvalue weighted by Gasteiger charge is 2.46. The molecule has 0 radical (unpaired) electrons. The number of benzene rings is 11. The van der Waals surface area contributed by atoms with Crippen molar-refractivity contribution < 1.29 is 0 Å². The number of nitrogens with zero attached hydrogens (tertiary/aromatic N) is 1. The van der Waals surface area contributed by atoms with E-state index in [2.05, 4.69) is 241 Å². The third-order valence-electron chi connectivity index (χ3n) is 12.9. The van der Waals surface area contributed by atoms with Crippen molar-refractivity contribution in [2.75, 3.05) is 4.90 Å². The van der Waals surface area contributed by atoms with E-state index in [0.717, 1.165) is 17.1 Å². The zero-order chi connectivity index (χ0) is 39.6. The molecule has 11 aromatic rings. The molecule has 0 amide bonds. The van der Waals surface area contributed by atoms with Crippen LogP contribution in [-0.4, -0.2) is 0 Å². The van der Waals surface area contributed by atoms with E-state index < -0.39 is 5.41 Å². The lowest BCUT2D eigenvalue weighted by molar-refractivity contribution is 0.768. The lowest BCUT2D eigenvalue weighted by Crippen LogP contribution is -2.28. The molecule has 60 heavy (non-hydrogen) atoms. The van der Waals surface area contributed by atoms with Gasteiger partial charge < -0.3 is 4.90 Å². The van der Waals surface area contributed by atoms with E-state index in [1.807, 2.05) is 0 Å². The van der Waals surface area contributed by atoms with E-state index in [1.165, 1.54) is 87.6 Å². The summed E-state index contributed by atoms with van der Waals surface area (Å²) in [6.45, 7) is 0. The SMILES string of the molecule is c1ccc(C2(c3ccccc3)c3ccccc3-c3c(-c4ccc(N(c5ccc6c(ccc7ccccc76)c5)c5ccc6c(ccc7ccccc76)c5)cc4)cccc32)cc1. The standard InChI is InChI=1S/C59H39N/c1-3-16-45(17-4-1)59(46-18-5-2-6-19-46)56-24-12-11-22-55(56)58-54(23-13-25-57(58)59)42-30-32-47(33-31-42)60(48-34-36-52-43(38-48)28-26-40-14-7-9-20-50(40)52)49-35-37-53-44(39-49)29-27-41-15-8-10-21-51(41)53/h1-39H. The predicted octanol–water partition coefficient (Wildman–Crippen LogP) is 15.8. The van der Waals surface area contributed by atoms with E-state index in [-0.39, 0.29) is 0 Å². The summed E-state index contributed by atoms with van der Waals surface area (Å²) < 4.78 is 0. The van der Waals surface area contributed by atoms with Crippen molar-refractivity contribution in [2.45, 2.75) is 5.41 Å². The number of anilines is 3. The molecule has 0 aromatic heterocycles. The number of rotatable bonds is 6. The summed E-state index contributed by atoms with van der Waals surface area (Å²) in [4.78, 5) is 2.41. The third-order valence-corrected chi connectivity index (χ3v) is 12.9. The van der Waals surface area contributed by atoms with Gasteiger partial charge in [0.05, 0.1) is 5.41 Å². The molecular weight excluding hydrogens is 723 g/mol. The first kappa shape index (κ1) is 34.3. The fourth-order valence-corrected chi connectivity index (χ4v) is 10.3. The van der Waals surface area contributed by atoms with Crippen LogP contribution in [0.2, 0.25) is 0 Å². The van der Waals surface area contributed by atoms with Crippen molar-refractivity contribution >= 4 is 60.2 Å². The Morgan fingerprint density at radius 2 is 0.733 bits per heavy atom. The minimum absolute atomic E-state index is 0.440. The Hall–Kier alpha value is -7.74. The van der Waals surface area contributed by atoms with Crippen LogP contribution in [0.5, 0.6) is 0 Å². The largest absolute Gasteiger partial charge is 0.310 e. The normalized spacial score (nSPS) is 12.8. The maximum absolute atomic E-state index is 2.41. The Morgan fingerprint density at radius 1 is 0.283 bits per heavy atom. The van der Waals surface area contributed by atoms with Crippen LogP contribution in [-0.2, 0) is 5.41 Å². The van der Waals surface area contributed by atoms with Gasteiger partial charge in [0.1, 0.15) is 0 Å². The van der Waals surface area contributed by atoms with Gasteiger partial charge in [-0.15, -0.1) is 0 Å². The summed E-state index contributed by atoms with van der Waals surface area (Å²) in [5, 5.41) is 10.0. The van der Waals surface area contributed by atoms with Crippen LogP contribution in [0, 0.1) is 0 Å². The molecule has 0 atom stereocenters. The van der Waals surface area contributed by atoms with E-state index >= 15 is 0 Å². The summed E-state index contributed by atoms with van der Waals surface area (Å²) in [6.07, 6.45) is 0. The van der Waals surface area contributed by atoms with Crippen molar-refractivity contribution in [3.05, 3.63) is 259 Å². The summed E-state index contributed by atoms with van der Waals surface area (Å²) in [7, 11) is 0. The van der Waals surface area contributed by atoms with Crippen LogP contribution in [0.15, 0.2) is 237 Å². The fourth-order valence-electron chi connectivity index (χ4n) is 10.3. The molecule has 11 aromatic carbocycles. The molecule has 0 saturated heterocycles. The summed E-state index contributed by atoms with van der Waals surface area (Å²) in [5.74, 6) is 0.